The average Bonchev–Trinajstić information content (AvgIpc) is 2.80. The summed E-state index contributed by atoms with van der Waals surface area (Å²) in [7, 11) is 1.60. The van der Waals surface area contributed by atoms with Gasteiger partial charge >= 0.3 is 0 Å². The third kappa shape index (κ3) is 2.05. The molecule has 2 aromatic rings. The van der Waals surface area contributed by atoms with Gasteiger partial charge in [-0.3, -0.25) is 10.2 Å². The van der Waals surface area contributed by atoms with Crippen molar-refractivity contribution in [2.75, 3.05) is 7.11 Å². The maximum Gasteiger partial charge on any atom is 0.287 e. The summed E-state index contributed by atoms with van der Waals surface area (Å²) in [5.74, 6) is 5.87. The second kappa shape index (κ2) is 4.89. The van der Waals surface area contributed by atoms with Gasteiger partial charge in [0.05, 0.1) is 7.11 Å². The Kier molecular flexibility index (Phi) is 3.29. The second-order valence-corrected chi connectivity index (χ2v) is 3.69. The smallest absolute Gasteiger partial charge is 0.287 e. The Labute approximate surface area is 104 Å². The van der Waals surface area contributed by atoms with Gasteiger partial charge in [-0.1, -0.05) is 5.16 Å². The van der Waals surface area contributed by atoms with Crippen LogP contribution in [0.4, 0.5) is 0 Å². The number of amides is 1. The normalized spacial score (nSPS) is 10.2. The molecule has 6 heteroatoms. The van der Waals surface area contributed by atoms with Crippen molar-refractivity contribution in [3.63, 3.8) is 0 Å². The number of methoxy groups -OCH3 is 1. The predicted molar refractivity (Wildman–Crippen MR) is 64.9 cm³/mol. The van der Waals surface area contributed by atoms with Crippen LogP contribution in [0, 0.1) is 6.92 Å². The molecule has 0 saturated heterocycles. The molecule has 94 valence electrons. The molecule has 0 saturated carbocycles. The topological polar surface area (TPSA) is 90.4 Å². The highest BCUT2D eigenvalue weighted by molar-refractivity contribution is 5.94. The van der Waals surface area contributed by atoms with Gasteiger partial charge in [0.1, 0.15) is 5.75 Å². The summed E-state index contributed by atoms with van der Waals surface area (Å²) in [4.78, 5) is 11.4. The summed E-state index contributed by atoms with van der Waals surface area (Å²) in [6, 6.07) is 7.27. The first-order chi connectivity index (χ1) is 8.67. The number of nitrogens with one attached hydrogen (secondary N) is 1. The third-order valence-electron chi connectivity index (χ3n) is 2.62. The number of hydrogen-bond donors (Lipinski definition) is 2. The molecule has 1 amide bonds. The second-order valence-electron chi connectivity index (χ2n) is 3.69. The van der Waals surface area contributed by atoms with E-state index >= 15 is 0 Å². The number of rotatable bonds is 3. The molecule has 1 aromatic carbocycles. The van der Waals surface area contributed by atoms with E-state index in [1.807, 2.05) is 17.6 Å². The van der Waals surface area contributed by atoms with E-state index in [9.17, 15) is 4.79 Å². The molecular formula is C12H13N3O3. The molecule has 6 nitrogen and oxygen atoms in total. The molecule has 0 atom stereocenters. The zero-order valence-electron chi connectivity index (χ0n) is 10.1. The lowest BCUT2D eigenvalue weighted by atomic mass is 10.1. The number of carbonyl (C=O) groups excluding carboxylic acids is 1. The zero-order chi connectivity index (χ0) is 13.1. The number of nitrogens with two attached hydrogens (primary N) is 1. The van der Waals surface area contributed by atoms with Crippen LogP contribution >= 0.6 is 0 Å². The number of nitrogens with zero attached hydrogens (tertiary/aromatic N) is 1. The van der Waals surface area contributed by atoms with Gasteiger partial charge in [0.2, 0.25) is 0 Å². The molecule has 3 N–H and O–H groups in total. The summed E-state index contributed by atoms with van der Waals surface area (Å²) in [5.41, 5.74) is 3.67. The molecule has 0 fully saturated rings. The van der Waals surface area contributed by atoms with Gasteiger partial charge in [-0.05, 0) is 31.2 Å². The Bertz CT molecular complexity index is 560. The molecule has 0 radical (unpaired) electrons. The average molecular weight is 247 g/mol. The Hall–Kier alpha value is -2.34. The fourth-order valence-corrected chi connectivity index (χ4v) is 1.63. The van der Waals surface area contributed by atoms with Crippen LogP contribution in [0.2, 0.25) is 0 Å². The zero-order valence-corrected chi connectivity index (χ0v) is 10.1. The molecule has 0 aliphatic heterocycles. The lowest BCUT2D eigenvalue weighted by molar-refractivity contribution is 0.0944. The van der Waals surface area contributed by atoms with Gasteiger partial charge in [0, 0.05) is 11.1 Å². The van der Waals surface area contributed by atoms with E-state index in [0.29, 0.717) is 11.3 Å². The Morgan fingerprint density at radius 1 is 1.39 bits per heavy atom. The first kappa shape index (κ1) is 12.1. The van der Waals surface area contributed by atoms with Crippen molar-refractivity contribution in [1.29, 1.82) is 0 Å². The maximum absolute atomic E-state index is 11.4. The Balaban J connectivity index is 2.39. The lowest BCUT2D eigenvalue weighted by Gasteiger charge is -2.01. The lowest BCUT2D eigenvalue weighted by Crippen LogP contribution is -2.30. The fourth-order valence-electron chi connectivity index (χ4n) is 1.63. The minimum absolute atomic E-state index is 0.184. The van der Waals surface area contributed by atoms with Gasteiger partial charge in [-0.2, -0.15) is 0 Å². The molecule has 0 aliphatic rings. The van der Waals surface area contributed by atoms with E-state index in [4.69, 9.17) is 15.1 Å². The fraction of sp³-hybridized carbons (Fsp3) is 0.167. The number of hydrogen-bond acceptors (Lipinski definition) is 5. The SMILES string of the molecule is COc1ccc(-c2onc(C(=O)NN)c2C)cc1. The van der Waals surface area contributed by atoms with Crippen molar-refractivity contribution < 1.29 is 14.1 Å². The number of carbonyl (C=O) groups is 1. The van der Waals surface area contributed by atoms with Crippen LogP contribution in [0.1, 0.15) is 16.1 Å². The standard InChI is InChI=1S/C12H13N3O3/c1-7-10(12(16)14-13)15-18-11(7)8-3-5-9(17-2)6-4-8/h3-6H,13H2,1-2H3,(H,14,16). The van der Waals surface area contributed by atoms with E-state index in [1.165, 1.54) is 0 Å². The molecule has 0 unspecified atom stereocenters. The van der Waals surface area contributed by atoms with Crippen molar-refractivity contribution in [1.82, 2.24) is 10.6 Å². The van der Waals surface area contributed by atoms with Crippen LogP contribution in [0.5, 0.6) is 5.75 Å². The first-order valence-corrected chi connectivity index (χ1v) is 5.29. The van der Waals surface area contributed by atoms with Gasteiger partial charge in [0.15, 0.2) is 11.5 Å². The van der Waals surface area contributed by atoms with E-state index in [2.05, 4.69) is 5.16 Å². The predicted octanol–water partition coefficient (Wildman–Crippen LogP) is 1.26. The Morgan fingerprint density at radius 3 is 2.61 bits per heavy atom. The summed E-state index contributed by atoms with van der Waals surface area (Å²) < 4.78 is 10.2. The molecule has 2 rings (SSSR count). The third-order valence-corrected chi connectivity index (χ3v) is 2.62. The molecule has 0 bridgehead atoms. The van der Waals surface area contributed by atoms with Crippen molar-refractivity contribution in [3.05, 3.63) is 35.5 Å². The summed E-state index contributed by atoms with van der Waals surface area (Å²) in [6.45, 7) is 1.75. The van der Waals surface area contributed by atoms with Crippen molar-refractivity contribution in [2.24, 2.45) is 5.84 Å². The van der Waals surface area contributed by atoms with Gasteiger partial charge in [-0.25, -0.2) is 5.84 Å². The quantitative estimate of drug-likeness (QED) is 0.484. The highest BCUT2D eigenvalue weighted by atomic mass is 16.5. The van der Waals surface area contributed by atoms with Crippen LogP contribution in [0.3, 0.4) is 0 Å². The van der Waals surface area contributed by atoms with Crippen molar-refractivity contribution in [2.45, 2.75) is 6.92 Å². The number of hydrazine groups is 1. The highest BCUT2D eigenvalue weighted by Crippen LogP contribution is 2.27. The molecule has 1 aromatic heterocycles. The van der Waals surface area contributed by atoms with Gasteiger partial charge in [0.25, 0.3) is 5.91 Å². The van der Waals surface area contributed by atoms with Gasteiger partial charge in [-0.15, -0.1) is 0 Å². The summed E-state index contributed by atoms with van der Waals surface area (Å²) in [5, 5.41) is 3.71. The number of aromatic nitrogens is 1. The highest BCUT2D eigenvalue weighted by Gasteiger charge is 2.18. The maximum atomic E-state index is 11.4. The molecule has 18 heavy (non-hydrogen) atoms. The van der Waals surface area contributed by atoms with Crippen molar-refractivity contribution >= 4 is 5.91 Å². The molecule has 1 heterocycles. The minimum atomic E-state index is -0.476. The first-order valence-electron chi connectivity index (χ1n) is 5.29. The number of nitrogen functional groups attached to an aromatic ring is 1. The van der Waals surface area contributed by atoms with Crippen LogP contribution < -0.4 is 16.0 Å². The largest absolute Gasteiger partial charge is 0.497 e. The minimum Gasteiger partial charge on any atom is -0.497 e. The summed E-state index contributed by atoms with van der Waals surface area (Å²) >= 11 is 0. The van der Waals surface area contributed by atoms with E-state index in [0.717, 1.165) is 11.3 Å². The Morgan fingerprint density at radius 2 is 2.06 bits per heavy atom. The van der Waals surface area contributed by atoms with Crippen LogP contribution in [0.15, 0.2) is 28.8 Å². The van der Waals surface area contributed by atoms with E-state index < -0.39 is 5.91 Å². The van der Waals surface area contributed by atoms with E-state index in [-0.39, 0.29) is 5.69 Å². The van der Waals surface area contributed by atoms with Crippen LogP contribution in [-0.2, 0) is 0 Å². The molecular weight excluding hydrogens is 234 g/mol. The van der Waals surface area contributed by atoms with E-state index in [1.54, 1.807) is 26.2 Å². The number of ether oxygens (including phenoxy) is 1. The molecule has 0 aliphatic carbocycles. The van der Waals surface area contributed by atoms with Crippen molar-refractivity contribution in [3.8, 4) is 17.1 Å². The number of benzene rings is 1. The van der Waals surface area contributed by atoms with Crippen LogP contribution in [-0.4, -0.2) is 18.2 Å². The monoisotopic (exact) mass is 247 g/mol. The molecule has 0 spiro atoms. The summed E-state index contributed by atoms with van der Waals surface area (Å²) in [6.07, 6.45) is 0. The van der Waals surface area contributed by atoms with Gasteiger partial charge < -0.3 is 9.26 Å². The van der Waals surface area contributed by atoms with Crippen LogP contribution in [0.25, 0.3) is 11.3 Å².